The summed E-state index contributed by atoms with van der Waals surface area (Å²) in [6.07, 6.45) is 2.58. The molecular weight excluding hydrogens is 558 g/mol. The number of carbonyl (C=O) groups excluding carboxylic acids is 3. The van der Waals surface area contributed by atoms with Gasteiger partial charge in [0.05, 0.1) is 4.92 Å². The van der Waals surface area contributed by atoms with Crippen LogP contribution >= 0.6 is 15.9 Å². The monoisotopic (exact) mass is 591 g/mol. The standard InChI is InChI=1S/C27H34BrN3O7/c1-27(2,3)38-26(34)30-23(25(33)37-22-16-14-21(15-17-22)31(35)36)8-4-5-18-29-24(32)9-6-7-19-10-12-20(28)13-11-19/h10-17,23H,4-9,18H2,1-3H3,(H,29,32)(H,30,34)/t23-/m0/s1. The maximum atomic E-state index is 12.8. The zero-order chi connectivity index (χ0) is 28.1. The Labute approximate surface area is 230 Å². The Balaban J connectivity index is 1.80. The fourth-order valence-corrected chi connectivity index (χ4v) is 3.68. The zero-order valence-corrected chi connectivity index (χ0v) is 23.4. The molecular formula is C27H34BrN3O7. The van der Waals surface area contributed by atoms with Crippen LogP contribution in [0.4, 0.5) is 10.5 Å². The van der Waals surface area contributed by atoms with Gasteiger partial charge in [-0.1, -0.05) is 28.1 Å². The summed E-state index contributed by atoms with van der Waals surface area (Å²) in [6.45, 7) is 5.56. The number of carbonyl (C=O) groups is 3. The summed E-state index contributed by atoms with van der Waals surface area (Å²) in [5.41, 5.74) is 0.284. The van der Waals surface area contributed by atoms with Gasteiger partial charge in [0.15, 0.2) is 0 Å². The summed E-state index contributed by atoms with van der Waals surface area (Å²) >= 11 is 3.40. The molecule has 0 spiro atoms. The molecule has 0 fully saturated rings. The van der Waals surface area contributed by atoms with Crippen molar-refractivity contribution in [3.05, 3.63) is 68.7 Å². The van der Waals surface area contributed by atoms with Gasteiger partial charge in [-0.3, -0.25) is 14.9 Å². The predicted molar refractivity (Wildman–Crippen MR) is 146 cm³/mol. The number of hydrogen-bond donors (Lipinski definition) is 2. The van der Waals surface area contributed by atoms with E-state index in [-0.39, 0.29) is 23.8 Å². The second kappa shape index (κ2) is 15.1. The first-order valence-corrected chi connectivity index (χ1v) is 13.2. The zero-order valence-electron chi connectivity index (χ0n) is 21.8. The first-order valence-electron chi connectivity index (χ1n) is 12.4. The van der Waals surface area contributed by atoms with Crippen molar-refractivity contribution < 1.29 is 28.8 Å². The third-order valence-electron chi connectivity index (χ3n) is 5.27. The summed E-state index contributed by atoms with van der Waals surface area (Å²) in [7, 11) is 0. The number of non-ortho nitro benzene ring substituents is 1. The number of alkyl carbamates (subject to hydrolysis) is 1. The van der Waals surface area contributed by atoms with E-state index in [1.54, 1.807) is 20.8 Å². The number of halogens is 1. The number of nitro groups is 1. The molecule has 0 unspecified atom stereocenters. The van der Waals surface area contributed by atoms with Crippen LogP contribution in [0.15, 0.2) is 53.0 Å². The Morgan fingerprint density at radius 1 is 1.00 bits per heavy atom. The summed E-state index contributed by atoms with van der Waals surface area (Å²) in [5.74, 6) is -0.642. The van der Waals surface area contributed by atoms with Crippen molar-refractivity contribution in [2.75, 3.05) is 6.54 Å². The highest BCUT2D eigenvalue weighted by Gasteiger charge is 2.26. The second-order valence-corrected chi connectivity index (χ2v) is 10.6. The second-order valence-electron chi connectivity index (χ2n) is 9.70. The van der Waals surface area contributed by atoms with Gasteiger partial charge in [-0.25, -0.2) is 9.59 Å². The highest BCUT2D eigenvalue weighted by molar-refractivity contribution is 9.10. The van der Waals surface area contributed by atoms with Gasteiger partial charge in [0, 0.05) is 29.6 Å². The van der Waals surface area contributed by atoms with Gasteiger partial charge in [0.2, 0.25) is 5.91 Å². The van der Waals surface area contributed by atoms with E-state index in [9.17, 15) is 24.5 Å². The first-order chi connectivity index (χ1) is 17.9. The van der Waals surface area contributed by atoms with Crippen LogP contribution in [0.25, 0.3) is 0 Å². The van der Waals surface area contributed by atoms with E-state index in [1.165, 1.54) is 29.8 Å². The molecule has 2 amide bonds. The molecule has 2 N–H and O–H groups in total. The number of rotatable bonds is 13. The van der Waals surface area contributed by atoms with Gasteiger partial charge in [-0.15, -0.1) is 0 Å². The Morgan fingerprint density at radius 2 is 1.66 bits per heavy atom. The SMILES string of the molecule is CC(C)(C)OC(=O)N[C@@H](CCCCNC(=O)CCCc1ccc(Br)cc1)C(=O)Oc1ccc([N+](=O)[O-])cc1. The number of unbranched alkanes of at least 4 members (excludes halogenated alkanes) is 1. The number of nitrogens with zero attached hydrogens (tertiary/aromatic N) is 1. The minimum Gasteiger partial charge on any atom is -0.444 e. The highest BCUT2D eigenvalue weighted by Crippen LogP contribution is 2.19. The fourth-order valence-electron chi connectivity index (χ4n) is 3.42. The molecule has 0 aliphatic heterocycles. The van der Waals surface area contributed by atoms with E-state index in [1.807, 2.05) is 24.3 Å². The molecule has 0 bridgehead atoms. The first kappa shape index (κ1) is 30.8. The van der Waals surface area contributed by atoms with Crippen molar-refractivity contribution in [3.63, 3.8) is 0 Å². The van der Waals surface area contributed by atoms with E-state index in [2.05, 4.69) is 26.6 Å². The molecule has 0 aromatic heterocycles. The molecule has 2 aromatic rings. The largest absolute Gasteiger partial charge is 0.444 e. The summed E-state index contributed by atoms with van der Waals surface area (Å²) < 4.78 is 11.6. The number of esters is 1. The Hall–Kier alpha value is -3.47. The molecule has 1 atom stereocenters. The van der Waals surface area contributed by atoms with E-state index in [4.69, 9.17) is 9.47 Å². The van der Waals surface area contributed by atoms with Gasteiger partial charge in [0.1, 0.15) is 17.4 Å². The molecule has 10 nitrogen and oxygen atoms in total. The van der Waals surface area contributed by atoms with Crippen LogP contribution in [0.5, 0.6) is 5.75 Å². The van der Waals surface area contributed by atoms with E-state index >= 15 is 0 Å². The minimum absolute atomic E-state index is 0.0388. The normalized spacial score (nSPS) is 11.8. The van der Waals surface area contributed by atoms with Gasteiger partial charge in [0.25, 0.3) is 5.69 Å². The number of benzene rings is 2. The van der Waals surface area contributed by atoms with Gasteiger partial charge >= 0.3 is 12.1 Å². The van der Waals surface area contributed by atoms with Crippen molar-refractivity contribution >= 4 is 39.6 Å². The van der Waals surface area contributed by atoms with Crippen LogP contribution < -0.4 is 15.4 Å². The van der Waals surface area contributed by atoms with E-state index in [0.29, 0.717) is 25.8 Å². The fraction of sp³-hybridized carbons (Fsp3) is 0.444. The van der Waals surface area contributed by atoms with Crippen LogP contribution in [0.1, 0.15) is 58.4 Å². The van der Waals surface area contributed by atoms with Crippen LogP contribution in [-0.2, 0) is 20.7 Å². The van der Waals surface area contributed by atoms with Crippen molar-refractivity contribution in [2.45, 2.75) is 70.9 Å². The number of aryl methyl sites for hydroxylation is 1. The summed E-state index contributed by atoms with van der Waals surface area (Å²) in [4.78, 5) is 47.4. The third-order valence-corrected chi connectivity index (χ3v) is 5.79. The molecule has 0 aliphatic carbocycles. The highest BCUT2D eigenvalue weighted by atomic mass is 79.9. The van der Waals surface area contributed by atoms with Crippen LogP contribution in [0.2, 0.25) is 0 Å². The number of amides is 2. The van der Waals surface area contributed by atoms with Crippen LogP contribution in [-0.4, -0.2) is 41.1 Å². The predicted octanol–water partition coefficient (Wildman–Crippen LogP) is 5.47. The van der Waals surface area contributed by atoms with Crippen molar-refractivity contribution in [1.82, 2.24) is 10.6 Å². The van der Waals surface area contributed by atoms with Gasteiger partial charge in [-0.05, 0) is 82.7 Å². The number of nitrogens with one attached hydrogen (secondary N) is 2. The van der Waals surface area contributed by atoms with Gasteiger partial charge < -0.3 is 20.1 Å². The Kier molecular flexibility index (Phi) is 12.2. The lowest BCUT2D eigenvalue weighted by Gasteiger charge is -2.23. The van der Waals surface area contributed by atoms with Crippen LogP contribution in [0.3, 0.4) is 0 Å². The maximum absolute atomic E-state index is 12.8. The van der Waals surface area contributed by atoms with Crippen molar-refractivity contribution in [3.8, 4) is 5.75 Å². The molecule has 0 heterocycles. The lowest BCUT2D eigenvalue weighted by molar-refractivity contribution is -0.384. The topological polar surface area (TPSA) is 137 Å². The quantitative estimate of drug-likeness (QED) is 0.104. The molecule has 0 saturated heterocycles. The summed E-state index contributed by atoms with van der Waals surface area (Å²) in [5, 5.41) is 16.2. The van der Waals surface area contributed by atoms with E-state index in [0.717, 1.165) is 17.3 Å². The third kappa shape index (κ3) is 12.2. The molecule has 206 valence electrons. The maximum Gasteiger partial charge on any atom is 0.408 e. The summed E-state index contributed by atoms with van der Waals surface area (Å²) in [6, 6.07) is 12.1. The number of hydrogen-bond acceptors (Lipinski definition) is 7. The minimum atomic E-state index is -0.998. The average Bonchev–Trinajstić information content (AvgIpc) is 2.83. The molecule has 0 aliphatic rings. The number of ether oxygens (including phenoxy) is 2. The lowest BCUT2D eigenvalue weighted by Crippen LogP contribution is -2.45. The van der Waals surface area contributed by atoms with Crippen molar-refractivity contribution in [2.24, 2.45) is 0 Å². The smallest absolute Gasteiger partial charge is 0.408 e. The molecule has 2 rings (SSSR count). The molecule has 38 heavy (non-hydrogen) atoms. The van der Waals surface area contributed by atoms with E-state index < -0.39 is 28.6 Å². The molecule has 0 saturated carbocycles. The van der Waals surface area contributed by atoms with Gasteiger partial charge in [-0.2, -0.15) is 0 Å². The average molecular weight is 592 g/mol. The molecule has 2 aromatic carbocycles. The Morgan fingerprint density at radius 3 is 2.26 bits per heavy atom. The van der Waals surface area contributed by atoms with Crippen molar-refractivity contribution in [1.29, 1.82) is 0 Å². The van der Waals surface area contributed by atoms with Crippen LogP contribution in [0, 0.1) is 10.1 Å². The molecule has 11 heteroatoms. The number of nitro benzene ring substituents is 1. The Bertz CT molecular complexity index is 1080. The lowest BCUT2D eigenvalue weighted by atomic mass is 10.1. The molecule has 0 radical (unpaired) electrons.